The summed E-state index contributed by atoms with van der Waals surface area (Å²) in [6.07, 6.45) is 0.0167. The summed E-state index contributed by atoms with van der Waals surface area (Å²) in [7, 11) is 5.84. The molecular weight excluding hydrogens is 491 g/mol. The van der Waals surface area contributed by atoms with Crippen molar-refractivity contribution >= 4 is 29.9 Å². The smallest absolute Gasteiger partial charge is 0.191 e. The molecule has 6 nitrogen and oxygen atoms in total. The van der Waals surface area contributed by atoms with Crippen LogP contribution in [-0.2, 0) is 6.54 Å². The highest BCUT2D eigenvalue weighted by Crippen LogP contribution is 2.17. The lowest BCUT2D eigenvalue weighted by atomic mass is 10.2. The third-order valence-electron chi connectivity index (χ3n) is 4.37. The van der Waals surface area contributed by atoms with Crippen molar-refractivity contribution in [3.8, 4) is 11.5 Å². The normalized spacial score (nSPS) is 12.1. The van der Waals surface area contributed by atoms with Gasteiger partial charge in [0.1, 0.15) is 24.2 Å². The number of rotatable bonds is 10. The molecule has 1 atom stereocenters. The van der Waals surface area contributed by atoms with Gasteiger partial charge in [-0.3, -0.25) is 4.99 Å². The third kappa shape index (κ3) is 9.67. The van der Waals surface area contributed by atoms with Crippen LogP contribution < -0.4 is 20.1 Å². The molecule has 0 bridgehead atoms. The lowest BCUT2D eigenvalue weighted by Gasteiger charge is -2.19. The molecule has 0 fully saturated rings. The fourth-order valence-corrected chi connectivity index (χ4v) is 2.69. The van der Waals surface area contributed by atoms with E-state index in [1.165, 1.54) is 0 Å². The second-order valence-corrected chi connectivity index (χ2v) is 7.30. The van der Waals surface area contributed by atoms with Crippen LogP contribution in [0.25, 0.3) is 0 Å². The van der Waals surface area contributed by atoms with E-state index < -0.39 is 0 Å². The minimum Gasteiger partial charge on any atom is -0.492 e. The van der Waals surface area contributed by atoms with Crippen molar-refractivity contribution in [2.45, 2.75) is 26.5 Å². The van der Waals surface area contributed by atoms with Gasteiger partial charge in [-0.15, -0.1) is 24.0 Å². The molecule has 1 unspecified atom stereocenters. The molecule has 30 heavy (non-hydrogen) atoms. The molecular formula is C23H35IN4O2. The predicted octanol–water partition coefficient (Wildman–Crippen LogP) is 3.69. The lowest BCUT2D eigenvalue weighted by Crippen LogP contribution is -2.41. The number of nitrogens with zero attached hydrogens (tertiary/aromatic N) is 2. The van der Waals surface area contributed by atoms with Gasteiger partial charge in [0.15, 0.2) is 5.96 Å². The predicted molar refractivity (Wildman–Crippen MR) is 135 cm³/mol. The van der Waals surface area contributed by atoms with E-state index in [1.54, 1.807) is 7.05 Å². The Hall–Kier alpha value is -2.00. The number of hydrogen-bond donors (Lipinski definition) is 2. The van der Waals surface area contributed by atoms with Crippen molar-refractivity contribution in [1.82, 2.24) is 15.5 Å². The molecule has 0 aliphatic carbocycles. The van der Waals surface area contributed by atoms with Gasteiger partial charge in [0.2, 0.25) is 0 Å². The average Bonchev–Trinajstić information content (AvgIpc) is 2.70. The highest BCUT2D eigenvalue weighted by molar-refractivity contribution is 14.0. The topological polar surface area (TPSA) is 58.1 Å². The number of aryl methyl sites for hydroxylation is 1. The molecule has 0 aliphatic rings. The monoisotopic (exact) mass is 526 g/mol. The summed E-state index contributed by atoms with van der Waals surface area (Å²) in [5.74, 6) is 2.54. The van der Waals surface area contributed by atoms with E-state index in [0.29, 0.717) is 19.7 Å². The number of hydrogen-bond acceptors (Lipinski definition) is 4. The molecule has 0 spiro atoms. The Kier molecular flexibility index (Phi) is 12.2. The van der Waals surface area contributed by atoms with Gasteiger partial charge in [0.25, 0.3) is 0 Å². The van der Waals surface area contributed by atoms with E-state index in [4.69, 9.17) is 9.47 Å². The minimum absolute atomic E-state index is 0. The highest BCUT2D eigenvalue weighted by Gasteiger charge is 2.07. The van der Waals surface area contributed by atoms with Crippen molar-refractivity contribution < 1.29 is 9.47 Å². The first-order chi connectivity index (χ1) is 14.0. The Morgan fingerprint density at radius 2 is 1.87 bits per heavy atom. The molecule has 2 aromatic rings. The summed E-state index contributed by atoms with van der Waals surface area (Å²) in [4.78, 5) is 6.40. The molecule has 0 aliphatic heterocycles. The molecule has 0 radical (unpaired) electrons. The van der Waals surface area contributed by atoms with Gasteiger partial charge in [-0.25, -0.2) is 0 Å². The number of nitrogens with one attached hydrogen (secondary N) is 2. The lowest BCUT2D eigenvalue weighted by molar-refractivity contribution is 0.222. The van der Waals surface area contributed by atoms with Gasteiger partial charge >= 0.3 is 0 Å². The summed E-state index contributed by atoms with van der Waals surface area (Å²) in [6, 6.07) is 16.2. The van der Waals surface area contributed by atoms with Crippen LogP contribution in [-0.4, -0.2) is 57.8 Å². The van der Waals surface area contributed by atoms with Crippen molar-refractivity contribution in [3.63, 3.8) is 0 Å². The van der Waals surface area contributed by atoms with Crippen LogP contribution in [0.1, 0.15) is 18.1 Å². The molecule has 7 heteroatoms. The number of ether oxygens (including phenoxy) is 2. The number of aliphatic imine (C=N–C) groups is 1. The van der Waals surface area contributed by atoms with Crippen molar-refractivity contribution in [1.29, 1.82) is 0 Å². The van der Waals surface area contributed by atoms with E-state index in [2.05, 4.69) is 32.7 Å². The van der Waals surface area contributed by atoms with E-state index >= 15 is 0 Å². The second-order valence-electron chi connectivity index (χ2n) is 7.30. The molecule has 0 saturated carbocycles. The largest absolute Gasteiger partial charge is 0.492 e. The van der Waals surface area contributed by atoms with Crippen molar-refractivity contribution in [2.24, 2.45) is 4.99 Å². The van der Waals surface area contributed by atoms with Crippen LogP contribution in [0, 0.1) is 6.92 Å². The number of likely N-dealkylation sites (N-methyl/N-ethyl adjacent to an activating group) is 1. The Balaban J connectivity index is 0.00000450. The molecule has 0 saturated heterocycles. The van der Waals surface area contributed by atoms with E-state index in [9.17, 15) is 0 Å². The van der Waals surface area contributed by atoms with Crippen LogP contribution >= 0.6 is 24.0 Å². The van der Waals surface area contributed by atoms with E-state index in [-0.39, 0.29) is 30.1 Å². The molecule has 0 heterocycles. The van der Waals surface area contributed by atoms with Crippen molar-refractivity contribution in [2.75, 3.05) is 40.8 Å². The van der Waals surface area contributed by atoms with Gasteiger partial charge in [-0.1, -0.05) is 30.3 Å². The third-order valence-corrected chi connectivity index (χ3v) is 4.37. The van der Waals surface area contributed by atoms with Crippen LogP contribution in [0.15, 0.2) is 53.5 Å². The first kappa shape index (κ1) is 26.0. The Morgan fingerprint density at radius 1 is 1.10 bits per heavy atom. The summed E-state index contributed by atoms with van der Waals surface area (Å²) in [6.45, 7) is 6.97. The average molecular weight is 526 g/mol. The number of para-hydroxylation sites is 1. The SMILES string of the molecule is CN=C(NCc1cccc(OCCN(C)C)c1)NCC(C)Oc1ccccc1C.I. The fourth-order valence-electron chi connectivity index (χ4n) is 2.69. The first-order valence-corrected chi connectivity index (χ1v) is 10.0. The second kappa shape index (κ2) is 14.1. The highest BCUT2D eigenvalue weighted by atomic mass is 127. The Morgan fingerprint density at radius 3 is 2.57 bits per heavy atom. The van der Waals surface area contributed by atoms with Gasteiger partial charge in [0.05, 0.1) is 6.54 Å². The van der Waals surface area contributed by atoms with Crippen LogP contribution in [0.2, 0.25) is 0 Å². The fraction of sp³-hybridized carbons (Fsp3) is 0.435. The summed E-state index contributed by atoms with van der Waals surface area (Å²) < 4.78 is 11.8. The summed E-state index contributed by atoms with van der Waals surface area (Å²) in [5, 5.41) is 6.66. The van der Waals surface area contributed by atoms with Crippen molar-refractivity contribution in [3.05, 3.63) is 59.7 Å². The molecule has 0 amide bonds. The zero-order chi connectivity index (χ0) is 21.1. The molecule has 0 aromatic heterocycles. The van der Waals surface area contributed by atoms with E-state index in [0.717, 1.165) is 35.1 Å². The zero-order valence-electron chi connectivity index (χ0n) is 18.6. The summed E-state index contributed by atoms with van der Waals surface area (Å²) >= 11 is 0. The number of guanidine groups is 1. The molecule has 2 aromatic carbocycles. The van der Waals surface area contributed by atoms with Gasteiger partial charge < -0.3 is 25.0 Å². The molecule has 166 valence electrons. The molecule has 2 N–H and O–H groups in total. The van der Waals surface area contributed by atoms with Crippen LogP contribution in [0.5, 0.6) is 11.5 Å². The first-order valence-electron chi connectivity index (χ1n) is 10.0. The maximum absolute atomic E-state index is 6.01. The maximum atomic E-state index is 6.01. The summed E-state index contributed by atoms with van der Waals surface area (Å²) in [5.41, 5.74) is 2.27. The number of halogens is 1. The minimum atomic E-state index is 0. The quantitative estimate of drug-likeness (QED) is 0.281. The maximum Gasteiger partial charge on any atom is 0.191 e. The van der Waals surface area contributed by atoms with Gasteiger partial charge in [-0.05, 0) is 57.3 Å². The zero-order valence-corrected chi connectivity index (χ0v) is 21.0. The van der Waals surface area contributed by atoms with Crippen LogP contribution in [0.3, 0.4) is 0 Å². The Labute approximate surface area is 198 Å². The van der Waals surface area contributed by atoms with Gasteiger partial charge in [0, 0.05) is 20.1 Å². The molecule has 2 rings (SSSR count). The Bertz CT molecular complexity index is 783. The van der Waals surface area contributed by atoms with E-state index in [1.807, 2.05) is 64.3 Å². The van der Waals surface area contributed by atoms with Gasteiger partial charge in [-0.2, -0.15) is 0 Å². The van der Waals surface area contributed by atoms with Crippen LogP contribution in [0.4, 0.5) is 0 Å². The number of benzene rings is 2. The standard InChI is InChI=1S/C23H34N4O2.HI/c1-18-9-6-7-12-22(18)29-19(2)16-25-23(24-3)26-17-20-10-8-11-21(15-20)28-14-13-27(4)5;/h6-12,15,19H,13-14,16-17H2,1-5H3,(H2,24,25,26);1H.